The van der Waals surface area contributed by atoms with Gasteiger partial charge < -0.3 is 14.3 Å². The first kappa shape index (κ1) is 20.4. The summed E-state index contributed by atoms with van der Waals surface area (Å²) in [6, 6.07) is 11.6. The Morgan fingerprint density at radius 3 is 2.87 bits per heavy atom. The van der Waals surface area contributed by atoms with E-state index in [0.29, 0.717) is 35.4 Å². The van der Waals surface area contributed by atoms with Crippen molar-refractivity contribution in [1.29, 1.82) is 0 Å². The fraction of sp³-hybridized carbons (Fsp3) is 0.208. The van der Waals surface area contributed by atoms with E-state index >= 15 is 0 Å². The van der Waals surface area contributed by atoms with Crippen molar-refractivity contribution in [2.75, 3.05) is 6.61 Å². The Morgan fingerprint density at radius 2 is 2.13 bits per heavy atom. The lowest BCUT2D eigenvalue weighted by Crippen LogP contribution is -2.24. The number of nitrogens with zero attached hydrogens (tertiary/aromatic N) is 2. The lowest BCUT2D eigenvalue weighted by molar-refractivity contribution is -0.130. The van der Waals surface area contributed by atoms with Crippen molar-refractivity contribution in [1.82, 2.24) is 5.01 Å². The van der Waals surface area contributed by atoms with Gasteiger partial charge in [-0.25, -0.2) is 9.80 Å². The largest absolute Gasteiger partial charge is 0.507 e. The average Bonchev–Trinajstić information content (AvgIpc) is 3.17. The number of hydrogen-bond acceptors (Lipinski definition) is 6. The van der Waals surface area contributed by atoms with E-state index in [0.717, 1.165) is 11.1 Å². The van der Waals surface area contributed by atoms with Gasteiger partial charge in [0.25, 0.3) is 0 Å². The van der Waals surface area contributed by atoms with Gasteiger partial charge in [-0.15, -0.1) is 0 Å². The second-order valence-electron chi connectivity index (χ2n) is 7.35. The van der Waals surface area contributed by atoms with E-state index in [4.69, 9.17) is 9.15 Å². The van der Waals surface area contributed by atoms with E-state index in [9.17, 15) is 14.7 Å². The van der Waals surface area contributed by atoms with Crippen LogP contribution in [0, 0.1) is 6.92 Å². The van der Waals surface area contributed by atoms with Crippen LogP contribution in [0.1, 0.15) is 36.1 Å². The van der Waals surface area contributed by atoms with Gasteiger partial charge in [-0.2, -0.15) is 5.10 Å². The van der Waals surface area contributed by atoms with Gasteiger partial charge in [-0.05, 0) is 30.7 Å². The smallest absolute Gasteiger partial charge is 0.336 e. The van der Waals surface area contributed by atoms with Gasteiger partial charge in [-0.1, -0.05) is 30.9 Å². The summed E-state index contributed by atoms with van der Waals surface area (Å²) in [5.41, 5.74) is 2.03. The van der Waals surface area contributed by atoms with Crippen LogP contribution in [-0.2, 0) is 4.79 Å². The highest BCUT2D eigenvalue weighted by molar-refractivity contribution is 6.13. The Bertz CT molecular complexity index is 1270. The lowest BCUT2D eigenvalue weighted by Gasteiger charge is -2.22. The maximum Gasteiger partial charge on any atom is 0.336 e. The van der Waals surface area contributed by atoms with E-state index < -0.39 is 11.7 Å². The first-order chi connectivity index (χ1) is 14.9. The first-order valence-corrected chi connectivity index (χ1v) is 9.87. The minimum Gasteiger partial charge on any atom is -0.507 e. The van der Waals surface area contributed by atoms with Crippen LogP contribution in [0.25, 0.3) is 11.0 Å². The second kappa shape index (κ2) is 8.10. The lowest BCUT2D eigenvalue weighted by atomic mass is 9.95. The Balaban J connectivity index is 1.84. The molecule has 2 aromatic carbocycles. The van der Waals surface area contributed by atoms with Crippen LogP contribution in [0.15, 0.2) is 69.4 Å². The quantitative estimate of drug-likeness (QED) is 0.498. The van der Waals surface area contributed by atoms with Crippen LogP contribution in [-0.4, -0.2) is 28.3 Å². The molecule has 1 aliphatic rings. The normalized spacial score (nSPS) is 15.7. The maximum atomic E-state index is 12.4. The highest BCUT2D eigenvalue weighted by Gasteiger charge is 2.35. The third-order valence-electron chi connectivity index (χ3n) is 5.25. The standard InChI is InChI=1S/C24H22N2O5/c1-4-11-30-21-8-6-5-7-17(21)19-13-18(25-26(19)15(3)27)23-20(28)10-9-16-14(2)12-22(29)31-24(16)23/h4-10,12,19,28H,1,11,13H2,2-3H3. The van der Waals surface area contributed by atoms with Gasteiger partial charge in [0.2, 0.25) is 5.91 Å². The predicted octanol–water partition coefficient (Wildman–Crippen LogP) is 4.07. The molecule has 0 saturated heterocycles. The summed E-state index contributed by atoms with van der Waals surface area (Å²) in [7, 11) is 0. The van der Waals surface area contributed by atoms with Crippen molar-refractivity contribution in [2.45, 2.75) is 26.3 Å². The van der Waals surface area contributed by atoms with E-state index in [1.807, 2.05) is 24.3 Å². The molecule has 0 radical (unpaired) electrons. The third-order valence-corrected chi connectivity index (χ3v) is 5.25. The number of benzene rings is 2. The fourth-order valence-corrected chi connectivity index (χ4v) is 3.88. The molecule has 0 saturated carbocycles. The van der Waals surface area contributed by atoms with Gasteiger partial charge in [-0.3, -0.25) is 4.79 Å². The van der Waals surface area contributed by atoms with Gasteiger partial charge in [0.1, 0.15) is 18.1 Å². The number of carbonyl (C=O) groups excluding carboxylic acids is 1. The molecule has 0 bridgehead atoms. The number of hydrazone groups is 1. The van der Waals surface area contributed by atoms with Crippen LogP contribution >= 0.6 is 0 Å². The number of rotatable bonds is 5. The van der Waals surface area contributed by atoms with Crippen LogP contribution in [0.2, 0.25) is 0 Å². The molecule has 158 valence electrons. The SMILES string of the molecule is C=CCOc1ccccc1C1CC(c2c(O)ccc3c(C)cc(=O)oc23)=NN1C(C)=O. The molecule has 7 heteroatoms. The number of phenols is 1. The van der Waals surface area contributed by atoms with Gasteiger partial charge in [0, 0.05) is 30.4 Å². The van der Waals surface area contributed by atoms with Crippen LogP contribution in [0.3, 0.4) is 0 Å². The summed E-state index contributed by atoms with van der Waals surface area (Å²) < 4.78 is 11.2. The second-order valence-corrected chi connectivity index (χ2v) is 7.35. The summed E-state index contributed by atoms with van der Waals surface area (Å²) in [4.78, 5) is 24.4. The Hall–Kier alpha value is -3.87. The molecule has 31 heavy (non-hydrogen) atoms. The van der Waals surface area contributed by atoms with Gasteiger partial charge in [0.15, 0.2) is 5.58 Å². The molecule has 1 amide bonds. The minimum atomic E-state index is -0.515. The number of carbonyl (C=O) groups is 1. The van der Waals surface area contributed by atoms with E-state index in [1.54, 1.807) is 25.1 Å². The number of fused-ring (bicyclic) bond motifs is 1. The average molecular weight is 418 g/mol. The number of hydrogen-bond donors (Lipinski definition) is 1. The zero-order valence-corrected chi connectivity index (χ0v) is 17.3. The summed E-state index contributed by atoms with van der Waals surface area (Å²) in [6.45, 7) is 7.23. The molecular weight excluding hydrogens is 396 g/mol. The molecular formula is C24H22N2O5. The monoisotopic (exact) mass is 418 g/mol. The Labute approximate surface area is 178 Å². The number of para-hydroxylation sites is 1. The molecule has 1 aromatic heterocycles. The summed E-state index contributed by atoms with van der Waals surface area (Å²) >= 11 is 0. The van der Waals surface area contributed by atoms with Crippen molar-refractivity contribution in [2.24, 2.45) is 5.10 Å². The predicted molar refractivity (Wildman–Crippen MR) is 117 cm³/mol. The summed E-state index contributed by atoms with van der Waals surface area (Å²) in [5.74, 6) is 0.302. The highest BCUT2D eigenvalue weighted by atomic mass is 16.5. The minimum absolute atomic E-state index is 0.0691. The van der Waals surface area contributed by atoms with Crippen molar-refractivity contribution >= 4 is 22.6 Å². The van der Waals surface area contributed by atoms with E-state index in [1.165, 1.54) is 18.0 Å². The molecule has 7 nitrogen and oxygen atoms in total. The van der Waals surface area contributed by atoms with Crippen molar-refractivity contribution in [3.05, 3.63) is 82.2 Å². The maximum absolute atomic E-state index is 12.4. The molecule has 0 aliphatic carbocycles. The number of amides is 1. The van der Waals surface area contributed by atoms with Crippen molar-refractivity contribution < 1.29 is 19.1 Å². The van der Waals surface area contributed by atoms with Gasteiger partial charge in [0.05, 0.1) is 17.3 Å². The molecule has 4 rings (SSSR count). The Kier molecular flexibility index (Phi) is 5.33. The number of aryl methyl sites for hydroxylation is 1. The molecule has 3 aromatic rings. The molecule has 1 atom stereocenters. The van der Waals surface area contributed by atoms with Crippen molar-refractivity contribution in [3.8, 4) is 11.5 Å². The zero-order valence-electron chi connectivity index (χ0n) is 17.3. The molecule has 0 fully saturated rings. The van der Waals surface area contributed by atoms with Crippen molar-refractivity contribution in [3.63, 3.8) is 0 Å². The molecule has 0 spiro atoms. The number of ether oxygens (including phenoxy) is 1. The fourth-order valence-electron chi connectivity index (χ4n) is 3.88. The Morgan fingerprint density at radius 1 is 1.35 bits per heavy atom. The van der Waals surface area contributed by atoms with Gasteiger partial charge >= 0.3 is 5.63 Å². The number of aromatic hydroxyl groups is 1. The van der Waals surface area contributed by atoms with Crippen LogP contribution < -0.4 is 10.4 Å². The number of phenolic OH excluding ortho intramolecular Hbond substituents is 1. The topological polar surface area (TPSA) is 92.3 Å². The molecule has 1 N–H and O–H groups in total. The highest BCUT2D eigenvalue weighted by Crippen LogP contribution is 2.40. The molecule has 1 unspecified atom stereocenters. The molecule has 1 aliphatic heterocycles. The summed E-state index contributed by atoms with van der Waals surface area (Å²) in [6.07, 6.45) is 1.97. The molecule has 2 heterocycles. The summed E-state index contributed by atoms with van der Waals surface area (Å²) in [5, 5.41) is 17.2. The van der Waals surface area contributed by atoms with Crippen LogP contribution in [0.5, 0.6) is 11.5 Å². The zero-order chi connectivity index (χ0) is 22.1. The van der Waals surface area contributed by atoms with E-state index in [2.05, 4.69) is 11.7 Å². The van der Waals surface area contributed by atoms with E-state index in [-0.39, 0.29) is 17.2 Å². The third kappa shape index (κ3) is 3.70. The van der Waals surface area contributed by atoms with Crippen LogP contribution in [0.4, 0.5) is 0 Å². The first-order valence-electron chi connectivity index (χ1n) is 9.87.